The van der Waals surface area contributed by atoms with Crippen molar-refractivity contribution in [2.75, 3.05) is 11.9 Å². The van der Waals surface area contributed by atoms with Gasteiger partial charge in [-0.1, -0.05) is 23.5 Å². The molecule has 1 heterocycles. The highest BCUT2D eigenvalue weighted by atomic mass is 32.1. The van der Waals surface area contributed by atoms with E-state index in [1.807, 2.05) is 18.0 Å². The zero-order valence-corrected chi connectivity index (χ0v) is 12.2. The van der Waals surface area contributed by atoms with Crippen molar-refractivity contribution >= 4 is 16.5 Å². The number of rotatable bonds is 5. The predicted octanol–water partition coefficient (Wildman–Crippen LogP) is 3.29. The van der Waals surface area contributed by atoms with Crippen LogP contribution in [-0.4, -0.2) is 17.1 Å². The van der Waals surface area contributed by atoms with Crippen LogP contribution >= 0.6 is 11.3 Å². The molecule has 1 aliphatic carbocycles. The quantitative estimate of drug-likeness (QED) is 0.918. The van der Waals surface area contributed by atoms with Crippen molar-refractivity contribution in [1.29, 1.82) is 0 Å². The Balaban J connectivity index is 1.78. The standard InChI is InChI=1S/C15H17FN2OS/c1-18(8-10-3-2-4-12(16)7-10)15-17-14(11-5-6-11)13(9-19)20-15/h2-4,7,11,19H,5-6,8-9H2,1H3. The van der Waals surface area contributed by atoms with Crippen LogP contribution in [0.25, 0.3) is 0 Å². The molecule has 106 valence electrons. The molecule has 1 fully saturated rings. The first-order valence-corrected chi connectivity index (χ1v) is 7.55. The molecule has 5 heteroatoms. The molecule has 1 aromatic carbocycles. The molecule has 3 nitrogen and oxygen atoms in total. The Morgan fingerprint density at radius 1 is 1.45 bits per heavy atom. The zero-order chi connectivity index (χ0) is 14.1. The number of aromatic nitrogens is 1. The Morgan fingerprint density at radius 2 is 2.25 bits per heavy atom. The van der Waals surface area contributed by atoms with Crippen LogP contribution in [0.3, 0.4) is 0 Å². The summed E-state index contributed by atoms with van der Waals surface area (Å²) in [6.07, 6.45) is 2.34. The molecule has 1 N–H and O–H groups in total. The fourth-order valence-corrected chi connectivity index (χ4v) is 3.25. The third-order valence-electron chi connectivity index (χ3n) is 3.46. The molecule has 1 saturated carbocycles. The van der Waals surface area contributed by atoms with Crippen LogP contribution in [0.15, 0.2) is 24.3 Å². The maximum atomic E-state index is 13.2. The first-order chi connectivity index (χ1) is 9.67. The van der Waals surface area contributed by atoms with E-state index in [-0.39, 0.29) is 12.4 Å². The third-order valence-corrected chi connectivity index (χ3v) is 4.63. The van der Waals surface area contributed by atoms with Gasteiger partial charge in [0.1, 0.15) is 5.82 Å². The Morgan fingerprint density at radius 3 is 2.90 bits per heavy atom. The van der Waals surface area contributed by atoms with Gasteiger partial charge in [-0.05, 0) is 30.5 Å². The Labute approximate surface area is 121 Å². The maximum Gasteiger partial charge on any atom is 0.185 e. The number of hydrogen-bond acceptors (Lipinski definition) is 4. The number of thiazole rings is 1. The number of anilines is 1. The Kier molecular flexibility index (Phi) is 3.72. The summed E-state index contributed by atoms with van der Waals surface area (Å²) < 4.78 is 13.2. The highest BCUT2D eigenvalue weighted by Gasteiger charge is 2.29. The van der Waals surface area contributed by atoms with E-state index in [4.69, 9.17) is 0 Å². The van der Waals surface area contributed by atoms with Crippen molar-refractivity contribution in [1.82, 2.24) is 4.98 Å². The van der Waals surface area contributed by atoms with Gasteiger partial charge in [0.05, 0.1) is 17.2 Å². The average Bonchev–Trinajstić information content (AvgIpc) is 3.17. The molecule has 0 bridgehead atoms. The second-order valence-electron chi connectivity index (χ2n) is 5.22. The normalized spacial score (nSPS) is 14.6. The largest absolute Gasteiger partial charge is 0.391 e. The van der Waals surface area contributed by atoms with Gasteiger partial charge in [0.15, 0.2) is 5.13 Å². The molecule has 0 saturated heterocycles. The second kappa shape index (κ2) is 5.50. The average molecular weight is 292 g/mol. The fourth-order valence-electron chi connectivity index (χ4n) is 2.28. The second-order valence-corrected chi connectivity index (χ2v) is 6.29. The summed E-state index contributed by atoms with van der Waals surface area (Å²) in [5.41, 5.74) is 1.97. The van der Waals surface area contributed by atoms with Crippen molar-refractivity contribution in [2.24, 2.45) is 0 Å². The molecule has 1 aliphatic rings. The van der Waals surface area contributed by atoms with E-state index in [1.54, 1.807) is 12.1 Å². The summed E-state index contributed by atoms with van der Waals surface area (Å²) in [7, 11) is 1.95. The number of halogens is 1. The molecule has 0 spiro atoms. The van der Waals surface area contributed by atoms with Gasteiger partial charge in [-0.25, -0.2) is 9.37 Å². The molecule has 2 aromatic rings. The van der Waals surface area contributed by atoms with Gasteiger partial charge in [0, 0.05) is 19.5 Å². The van der Waals surface area contributed by atoms with Crippen LogP contribution in [0.4, 0.5) is 9.52 Å². The van der Waals surface area contributed by atoms with Gasteiger partial charge >= 0.3 is 0 Å². The van der Waals surface area contributed by atoms with Crippen molar-refractivity contribution < 1.29 is 9.50 Å². The van der Waals surface area contributed by atoms with Crippen molar-refractivity contribution in [2.45, 2.75) is 31.9 Å². The Hall–Kier alpha value is -1.46. The predicted molar refractivity (Wildman–Crippen MR) is 78.5 cm³/mol. The maximum absolute atomic E-state index is 13.2. The van der Waals surface area contributed by atoms with Crippen LogP contribution in [-0.2, 0) is 13.2 Å². The minimum atomic E-state index is -0.218. The summed E-state index contributed by atoms with van der Waals surface area (Å²) >= 11 is 1.53. The number of aliphatic hydroxyl groups excluding tert-OH is 1. The summed E-state index contributed by atoms with van der Waals surface area (Å²) in [4.78, 5) is 7.62. The topological polar surface area (TPSA) is 36.4 Å². The molecule has 1 aromatic heterocycles. The SMILES string of the molecule is CN(Cc1cccc(F)c1)c1nc(C2CC2)c(CO)s1. The van der Waals surface area contributed by atoms with E-state index in [2.05, 4.69) is 4.98 Å². The summed E-state index contributed by atoms with van der Waals surface area (Å²) in [6, 6.07) is 6.61. The molecule has 0 amide bonds. The summed E-state index contributed by atoms with van der Waals surface area (Å²) in [6.45, 7) is 0.664. The first kappa shape index (κ1) is 13.5. The van der Waals surface area contributed by atoms with E-state index in [9.17, 15) is 9.50 Å². The monoisotopic (exact) mass is 292 g/mol. The smallest absolute Gasteiger partial charge is 0.185 e. The van der Waals surface area contributed by atoms with Crippen LogP contribution < -0.4 is 4.90 Å². The zero-order valence-electron chi connectivity index (χ0n) is 11.3. The molecule has 20 heavy (non-hydrogen) atoms. The van der Waals surface area contributed by atoms with Gasteiger partial charge in [0.25, 0.3) is 0 Å². The molecular weight excluding hydrogens is 275 g/mol. The minimum Gasteiger partial charge on any atom is -0.391 e. The molecule has 3 rings (SSSR count). The number of nitrogens with zero attached hydrogens (tertiary/aromatic N) is 2. The highest BCUT2D eigenvalue weighted by molar-refractivity contribution is 7.15. The fraction of sp³-hybridized carbons (Fsp3) is 0.400. The van der Waals surface area contributed by atoms with E-state index in [0.717, 1.165) is 21.3 Å². The molecular formula is C15H17FN2OS. The molecule has 0 atom stereocenters. The van der Waals surface area contributed by atoms with Crippen LogP contribution in [0.2, 0.25) is 0 Å². The number of hydrogen-bond donors (Lipinski definition) is 1. The van der Waals surface area contributed by atoms with Gasteiger partial charge in [-0.15, -0.1) is 0 Å². The van der Waals surface area contributed by atoms with Gasteiger partial charge in [-0.3, -0.25) is 0 Å². The van der Waals surface area contributed by atoms with E-state index >= 15 is 0 Å². The minimum absolute atomic E-state index is 0.0529. The van der Waals surface area contributed by atoms with Crippen molar-refractivity contribution in [3.63, 3.8) is 0 Å². The molecule has 0 radical (unpaired) electrons. The van der Waals surface area contributed by atoms with Crippen LogP contribution in [0, 0.1) is 5.82 Å². The first-order valence-electron chi connectivity index (χ1n) is 6.73. The van der Waals surface area contributed by atoms with E-state index < -0.39 is 0 Å². The van der Waals surface area contributed by atoms with Gasteiger partial charge < -0.3 is 10.0 Å². The lowest BCUT2D eigenvalue weighted by molar-refractivity contribution is 0.284. The lowest BCUT2D eigenvalue weighted by atomic mass is 10.2. The van der Waals surface area contributed by atoms with Crippen molar-refractivity contribution in [3.8, 4) is 0 Å². The summed E-state index contributed by atoms with van der Waals surface area (Å²) in [5, 5.41) is 10.3. The molecule has 0 unspecified atom stereocenters. The van der Waals surface area contributed by atoms with E-state index in [0.29, 0.717) is 12.5 Å². The highest BCUT2D eigenvalue weighted by Crippen LogP contribution is 2.44. The third kappa shape index (κ3) is 2.83. The lowest BCUT2D eigenvalue weighted by Crippen LogP contribution is -2.16. The lowest BCUT2D eigenvalue weighted by Gasteiger charge is -2.15. The van der Waals surface area contributed by atoms with Crippen LogP contribution in [0.5, 0.6) is 0 Å². The van der Waals surface area contributed by atoms with Gasteiger partial charge in [0.2, 0.25) is 0 Å². The summed E-state index contributed by atoms with van der Waals surface area (Å²) in [5.74, 6) is 0.314. The van der Waals surface area contributed by atoms with E-state index in [1.165, 1.54) is 30.2 Å². The Bertz CT molecular complexity index is 610. The van der Waals surface area contributed by atoms with Crippen LogP contribution in [0.1, 0.15) is 34.9 Å². The van der Waals surface area contributed by atoms with Gasteiger partial charge in [-0.2, -0.15) is 0 Å². The van der Waals surface area contributed by atoms with Crippen molar-refractivity contribution in [3.05, 3.63) is 46.2 Å². The number of aliphatic hydroxyl groups is 1. The number of benzene rings is 1. The molecule has 0 aliphatic heterocycles.